The van der Waals surface area contributed by atoms with Crippen molar-refractivity contribution in [1.29, 1.82) is 0 Å². The van der Waals surface area contributed by atoms with E-state index in [0.717, 1.165) is 29.6 Å². The number of aliphatic hydroxyl groups is 1. The van der Waals surface area contributed by atoms with E-state index in [1.165, 1.54) is 0 Å². The average Bonchev–Trinajstić information content (AvgIpc) is 3.36. The molecule has 1 fully saturated rings. The molecule has 3 heterocycles. The summed E-state index contributed by atoms with van der Waals surface area (Å²) in [7, 11) is 0. The van der Waals surface area contributed by atoms with Crippen LogP contribution < -0.4 is 5.32 Å². The predicted octanol–water partition coefficient (Wildman–Crippen LogP) is 2.95. The molecule has 3 atom stereocenters. The van der Waals surface area contributed by atoms with E-state index in [9.17, 15) is 5.11 Å². The van der Waals surface area contributed by atoms with Crippen LogP contribution in [0.15, 0.2) is 49.1 Å². The molecule has 3 aromatic rings. The van der Waals surface area contributed by atoms with Gasteiger partial charge in [0.05, 0.1) is 18.8 Å². The lowest BCUT2D eigenvalue weighted by Crippen LogP contribution is -2.39. The van der Waals surface area contributed by atoms with Crippen LogP contribution in [0.5, 0.6) is 0 Å². The van der Waals surface area contributed by atoms with Gasteiger partial charge < -0.3 is 24.3 Å². The fourth-order valence-electron chi connectivity index (χ4n) is 3.85. The van der Waals surface area contributed by atoms with Gasteiger partial charge in [0.1, 0.15) is 11.6 Å². The molecule has 28 heavy (non-hydrogen) atoms. The Morgan fingerprint density at radius 1 is 1.21 bits per heavy atom. The minimum Gasteiger partial charge on any atom is -0.393 e. The molecule has 7 nitrogen and oxygen atoms in total. The van der Waals surface area contributed by atoms with Crippen molar-refractivity contribution in [3.05, 3.63) is 60.7 Å². The molecule has 0 amide bonds. The largest absolute Gasteiger partial charge is 0.393 e. The molecule has 0 saturated carbocycles. The van der Waals surface area contributed by atoms with Crippen LogP contribution in [0.2, 0.25) is 0 Å². The van der Waals surface area contributed by atoms with Crippen molar-refractivity contribution in [3.8, 4) is 5.69 Å². The molecule has 7 heteroatoms. The third kappa shape index (κ3) is 3.68. The topological polar surface area (TPSA) is 77.1 Å². The lowest BCUT2D eigenvalue weighted by atomic mass is 9.90. The van der Waals surface area contributed by atoms with Crippen molar-refractivity contribution >= 4 is 5.69 Å². The van der Waals surface area contributed by atoms with Gasteiger partial charge in [-0.15, -0.1) is 0 Å². The number of nitrogens with zero attached hydrogens (tertiary/aromatic N) is 4. The maximum Gasteiger partial charge on any atom is 0.131 e. The Morgan fingerprint density at radius 3 is 2.68 bits per heavy atom. The summed E-state index contributed by atoms with van der Waals surface area (Å²) in [6.07, 6.45) is 7.77. The number of nitrogens with one attached hydrogen (secondary N) is 1. The molecule has 4 rings (SSSR count). The normalized spacial score (nSPS) is 20.8. The second kappa shape index (κ2) is 8.16. The minimum atomic E-state index is -0.416. The number of benzene rings is 1. The first-order valence-corrected chi connectivity index (χ1v) is 9.81. The fourth-order valence-corrected chi connectivity index (χ4v) is 3.85. The standard InChI is InChI=1S/C21H27N5O2/c1-3-25-11-9-23-21(25)20(18-14-28-13-8-19(18)27)24-16-4-6-17(7-5-16)26-12-10-22-15(26)2/h4-7,9-12,18-20,24,27H,3,8,13-14H2,1-2H3/t18-,19+,20+/m1/s1. The fraction of sp³-hybridized carbons (Fsp3) is 0.429. The van der Waals surface area contributed by atoms with Crippen LogP contribution in [-0.4, -0.2) is 43.5 Å². The second-order valence-electron chi connectivity index (χ2n) is 7.18. The third-order valence-electron chi connectivity index (χ3n) is 5.45. The van der Waals surface area contributed by atoms with Crippen molar-refractivity contribution in [2.45, 2.75) is 39.0 Å². The van der Waals surface area contributed by atoms with Gasteiger partial charge in [0, 0.05) is 55.2 Å². The third-order valence-corrected chi connectivity index (χ3v) is 5.45. The summed E-state index contributed by atoms with van der Waals surface area (Å²) in [6, 6.07) is 8.10. The lowest BCUT2D eigenvalue weighted by molar-refractivity contribution is -0.0435. The summed E-state index contributed by atoms with van der Waals surface area (Å²) < 4.78 is 9.84. The van der Waals surface area contributed by atoms with E-state index in [0.29, 0.717) is 19.6 Å². The van der Waals surface area contributed by atoms with E-state index in [2.05, 4.69) is 51.0 Å². The van der Waals surface area contributed by atoms with Crippen LogP contribution in [0.1, 0.15) is 31.0 Å². The molecule has 0 aliphatic carbocycles. The van der Waals surface area contributed by atoms with Gasteiger partial charge in [0.2, 0.25) is 0 Å². The van der Waals surface area contributed by atoms with Gasteiger partial charge >= 0.3 is 0 Å². The number of imidazole rings is 2. The van der Waals surface area contributed by atoms with E-state index in [4.69, 9.17) is 4.74 Å². The molecule has 1 aliphatic heterocycles. The van der Waals surface area contributed by atoms with Gasteiger partial charge in [-0.2, -0.15) is 0 Å². The average molecular weight is 381 g/mol. The van der Waals surface area contributed by atoms with E-state index in [-0.39, 0.29) is 12.0 Å². The number of rotatable bonds is 6. The Balaban J connectivity index is 1.61. The maximum atomic E-state index is 10.6. The molecule has 2 aromatic heterocycles. The van der Waals surface area contributed by atoms with Crippen LogP contribution >= 0.6 is 0 Å². The number of anilines is 1. The first-order chi connectivity index (χ1) is 13.7. The summed E-state index contributed by atoms with van der Waals surface area (Å²) in [5.74, 6) is 1.81. The monoisotopic (exact) mass is 381 g/mol. The molecule has 0 spiro atoms. The van der Waals surface area contributed by atoms with Gasteiger partial charge in [-0.05, 0) is 44.5 Å². The minimum absolute atomic E-state index is 0.0583. The summed E-state index contributed by atoms with van der Waals surface area (Å²) in [5, 5.41) is 14.2. The van der Waals surface area contributed by atoms with Gasteiger partial charge in [-0.3, -0.25) is 0 Å². The lowest BCUT2D eigenvalue weighted by Gasteiger charge is -2.35. The van der Waals surface area contributed by atoms with Crippen molar-refractivity contribution in [1.82, 2.24) is 19.1 Å². The van der Waals surface area contributed by atoms with Gasteiger partial charge in [-0.1, -0.05) is 0 Å². The highest BCUT2D eigenvalue weighted by atomic mass is 16.5. The predicted molar refractivity (Wildman–Crippen MR) is 107 cm³/mol. The Morgan fingerprint density at radius 2 is 2.00 bits per heavy atom. The number of ether oxygens (including phenoxy) is 1. The highest BCUT2D eigenvalue weighted by Gasteiger charge is 2.34. The first-order valence-electron chi connectivity index (χ1n) is 9.81. The van der Waals surface area contributed by atoms with Gasteiger partial charge in [0.15, 0.2) is 0 Å². The summed E-state index contributed by atoms with van der Waals surface area (Å²) in [6.45, 7) is 6.03. The second-order valence-corrected chi connectivity index (χ2v) is 7.18. The van der Waals surface area contributed by atoms with Crippen molar-refractivity contribution in [3.63, 3.8) is 0 Å². The number of aliphatic hydroxyl groups excluding tert-OH is 1. The van der Waals surface area contributed by atoms with Gasteiger partial charge in [0.25, 0.3) is 0 Å². The molecule has 2 N–H and O–H groups in total. The smallest absolute Gasteiger partial charge is 0.131 e. The highest BCUT2D eigenvalue weighted by molar-refractivity contribution is 5.50. The number of aromatic nitrogens is 4. The summed E-state index contributed by atoms with van der Waals surface area (Å²) in [5.41, 5.74) is 2.04. The molecule has 1 aromatic carbocycles. The Hall–Kier alpha value is -2.64. The molecule has 0 bridgehead atoms. The van der Waals surface area contributed by atoms with E-state index in [1.807, 2.05) is 30.1 Å². The van der Waals surface area contributed by atoms with Crippen LogP contribution in [-0.2, 0) is 11.3 Å². The van der Waals surface area contributed by atoms with E-state index >= 15 is 0 Å². The van der Waals surface area contributed by atoms with E-state index in [1.54, 1.807) is 6.20 Å². The highest BCUT2D eigenvalue weighted by Crippen LogP contribution is 2.32. The first kappa shape index (κ1) is 18.7. The SMILES string of the molecule is CCn1ccnc1[C@@H](Nc1ccc(-n2ccnc2C)cc1)[C@@H]1COCC[C@@H]1O. The molecule has 0 radical (unpaired) electrons. The molecule has 0 unspecified atom stereocenters. The molecule has 148 valence electrons. The molecule has 1 saturated heterocycles. The maximum absolute atomic E-state index is 10.6. The van der Waals surface area contributed by atoms with Gasteiger partial charge in [-0.25, -0.2) is 9.97 Å². The van der Waals surface area contributed by atoms with Crippen molar-refractivity contribution < 1.29 is 9.84 Å². The van der Waals surface area contributed by atoms with E-state index < -0.39 is 6.10 Å². The Bertz CT molecular complexity index is 902. The number of aryl methyl sites for hydroxylation is 2. The van der Waals surface area contributed by atoms with Crippen LogP contribution in [0.25, 0.3) is 5.69 Å². The van der Waals surface area contributed by atoms with Crippen LogP contribution in [0.3, 0.4) is 0 Å². The molecule has 1 aliphatic rings. The molecular weight excluding hydrogens is 354 g/mol. The molecular formula is C21H27N5O2. The zero-order valence-electron chi connectivity index (χ0n) is 16.3. The summed E-state index contributed by atoms with van der Waals surface area (Å²) >= 11 is 0. The zero-order chi connectivity index (χ0) is 19.5. The van der Waals surface area contributed by atoms with Crippen LogP contribution in [0, 0.1) is 12.8 Å². The summed E-state index contributed by atoms with van der Waals surface area (Å²) in [4.78, 5) is 8.87. The number of hydrogen-bond donors (Lipinski definition) is 2. The number of hydrogen-bond acceptors (Lipinski definition) is 5. The van der Waals surface area contributed by atoms with Crippen molar-refractivity contribution in [2.24, 2.45) is 5.92 Å². The van der Waals surface area contributed by atoms with Crippen LogP contribution in [0.4, 0.5) is 5.69 Å². The zero-order valence-corrected chi connectivity index (χ0v) is 16.3. The van der Waals surface area contributed by atoms with Crippen molar-refractivity contribution in [2.75, 3.05) is 18.5 Å². The Kier molecular flexibility index (Phi) is 5.45. The Labute approximate surface area is 165 Å². The quantitative estimate of drug-likeness (QED) is 0.686.